The lowest BCUT2D eigenvalue weighted by atomic mass is 10.3. The summed E-state index contributed by atoms with van der Waals surface area (Å²) in [5.74, 6) is -1.24. The molecule has 0 radical (unpaired) electrons. The zero-order chi connectivity index (χ0) is 16.1. The van der Waals surface area contributed by atoms with E-state index in [0.29, 0.717) is 0 Å². The molecular weight excluding hydrogens is 291 g/mol. The van der Waals surface area contributed by atoms with E-state index in [2.05, 4.69) is 4.98 Å². The molecule has 0 fully saturated rings. The Kier molecular flexibility index (Phi) is 3.44. The minimum atomic E-state index is -4.76. The van der Waals surface area contributed by atoms with Gasteiger partial charge in [-0.2, -0.15) is 13.2 Å². The number of hydrogen-bond donors (Lipinski definition) is 1. The van der Waals surface area contributed by atoms with Crippen molar-refractivity contribution in [2.75, 3.05) is 6.54 Å². The number of hydrogen-bond acceptors (Lipinski definition) is 4. The van der Waals surface area contributed by atoms with Gasteiger partial charge in [0.25, 0.3) is 5.56 Å². The molecule has 0 spiro atoms. The second kappa shape index (κ2) is 4.72. The summed E-state index contributed by atoms with van der Waals surface area (Å²) in [6.45, 7) is 1.33. The first-order valence-electron chi connectivity index (χ1n) is 6.06. The van der Waals surface area contributed by atoms with E-state index in [1.807, 2.05) is 0 Å². The van der Waals surface area contributed by atoms with Gasteiger partial charge in [-0.15, -0.1) is 0 Å². The first-order valence-corrected chi connectivity index (χ1v) is 6.06. The van der Waals surface area contributed by atoms with Gasteiger partial charge in [-0.25, -0.2) is 9.78 Å². The van der Waals surface area contributed by atoms with Crippen LogP contribution < -0.4 is 17.0 Å². The summed E-state index contributed by atoms with van der Waals surface area (Å²) in [5, 5.41) is 0. The van der Waals surface area contributed by atoms with Gasteiger partial charge in [0, 0.05) is 26.7 Å². The number of fused-ring (bicyclic) bond motifs is 1. The molecule has 7 nitrogen and oxygen atoms in total. The van der Waals surface area contributed by atoms with Gasteiger partial charge < -0.3 is 10.3 Å². The number of nitrogens with two attached hydrogens (primary N) is 1. The smallest absolute Gasteiger partial charge is 0.328 e. The number of alkyl halides is 3. The molecular formula is C11H14F3N5O2. The quantitative estimate of drug-likeness (QED) is 0.844. The van der Waals surface area contributed by atoms with Crippen molar-refractivity contribution in [2.24, 2.45) is 19.8 Å². The molecule has 116 valence electrons. The normalized spacial score (nSPS) is 13.9. The largest absolute Gasteiger partial charge is 0.449 e. The zero-order valence-electron chi connectivity index (χ0n) is 11.6. The van der Waals surface area contributed by atoms with Crippen molar-refractivity contribution in [3.8, 4) is 0 Å². The Balaban J connectivity index is 3.09. The minimum Gasteiger partial charge on any atom is -0.328 e. The summed E-state index contributed by atoms with van der Waals surface area (Å²) in [5.41, 5.74) is 3.25. The fourth-order valence-corrected chi connectivity index (χ4v) is 2.15. The molecule has 2 aromatic heterocycles. The fourth-order valence-electron chi connectivity index (χ4n) is 2.15. The molecule has 0 aromatic carbocycles. The highest BCUT2D eigenvalue weighted by molar-refractivity contribution is 5.71. The van der Waals surface area contributed by atoms with Crippen LogP contribution in [-0.2, 0) is 20.3 Å². The van der Waals surface area contributed by atoms with Gasteiger partial charge in [0.2, 0.25) is 5.82 Å². The highest BCUT2D eigenvalue weighted by Gasteiger charge is 2.40. The summed E-state index contributed by atoms with van der Waals surface area (Å²) in [7, 11) is 2.45. The van der Waals surface area contributed by atoms with E-state index in [0.717, 1.165) is 13.7 Å². The molecule has 0 saturated heterocycles. The van der Waals surface area contributed by atoms with Gasteiger partial charge in [0.15, 0.2) is 11.2 Å². The molecule has 0 aliphatic rings. The molecule has 0 amide bonds. The first-order chi connectivity index (χ1) is 9.61. The third-order valence-corrected chi connectivity index (χ3v) is 3.33. The van der Waals surface area contributed by atoms with E-state index in [9.17, 15) is 22.8 Å². The van der Waals surface area contributed by atoms with Crippen molar-refractivity contribution in [1.29, 1.82) is 0 Å². The van der Waals surface area contributed by atoms with Crippen LogP contribution in [0.3, 0.4) is 0 Å². The van der Waals surface area contributed by atoms with E-state index in [1.165, 1.54) is 21.0 Å². The van der Waals surface area contributed by atoms with Gasteiger partial charge in [-0.05, 0) is 6.92 Å². The average molecular weight is 305 g/mol. The molecule has 2 N–H and O–H groups in total. The van der Waals surface area contributed by atoms with Crippen molar-refractivity contribution in [1.82, 2.24) is 18.7 Å². The summed E-state index contributed by atoms with van der Waals surface area (Å²) in [6, 6.07) is -0.795. The van der Waals surface area contributed by atoms with Crippen LogP contribution in [0.2, 0.25) is 0 Å². The molecule has 0 saturated carbocycles. The lowest BCUT2D eigenvalue weighted by Crippen LogP contribution is -2.38. The van der Waals surface area contributed by atoms with Gasteiger partial charge in [0.1, 0.15) is 0 Å². The van der Waals surface area contributed by atoms with Crippen molar-refractivity contribution in [2.45, 2.75) is 19.1 Å². The number of halogens is 3. The SMILES string of the molecule is CC(CN)n1c(C(F)(F)F)nc2c1c(=O)n(C)c(=O)n2C. The predicted octanol–water partition coefficient (Wildman–Crippen LogP) is -0.0278. The summed E-state index contributed by atoms with van der Waals surface area (Å²) in [4.78, 5) is 27.4. The third-order valence-electron chi connectivity index (χ3n) is 3.33. The molecule has 1 unspecified atom stereocenters. The highest BCUT2D eigenvalue weighted by Crippen LogP contribution is 2.32. The summed E-state index contributed by atoms with van der Waals surface area (Å²) < 4.78 is 41.8. The lowest BCUT2D eigenvalue weighted by Gasteiger charge is -2.16. The van der Waals surface area contributed by atoms with Crippen LogP contribution in [0.5, 0.6) is 0 Å². The fraction of sp³-hybridized carbons (Fsp3) is 0.545. The Morgan fingerprint density at radius 3 is 2.29 bits per heavy atom. The van der Waals surface area contributed by atoms with E-state index >= 15 is 0 Å². The molecule has 2 aromatic rings. The maximum Gasteiger partial charge on any atom is 0.449 e. The number of aromatic nitrogens is 4. The number of aryl methyl sites for hydroxylation is 1. The van der Waals surface area contributed by atoms with Crippen molar-refractivity contribution >= 4 is 11.2 Å². The average Bonchev–Trinajstić information content (AvgIpc) is 2.82. The Bertz CT molecular complexity index is 814. The van der Waals surface area contributed by atoms with Gasteiger partial charge in [-0.3, -0.25) is 13.9 Å². The summed E-state index contributed by atoms with van der Waals surface area (Å²) in [6.07, 6.45) is -4.76. The number of imidazole rings is 1. The molecule has 0 aliphatic heterocycles. The predicted molar refractivity (Wildman–Crippen MR) is 69.0 cm³/mol. The molecule has 0 bridgehead atoms. The number of nitrogens with zero attached hydrogens (tertiary/aromatic N) is 4. The topological polar surface area (TPSA) is 87.8 Å². The molecule has 0 aliphatic carbocycles. The highest BCUT2D eigenvalue weighted by atomic mass is 19.4. The van der Waals surface area contributed by atoms with Gasteiger partial charge in [0.05, 0.1) is 0 Å². The molecule has 1 atom stereocenters. The van der Waals surface area contributed by atoms with Crippen LogP contribution in [0.1, 0.15) is 18.8 Å². The molecule has 2 heterocycles. The Morgan fingerprint density at radius 2 is 1.81 bits per heavy atom. The van der Waals surface area contributed by atoms with Crippen LogP contribution in [0, 0.1) is 0 Å². The van der Waals surface area contributed by atoms with Crippen molar-refractivity contribution < 1.29 is 13.2 Å². The van der Waals surface area contributed by atoms with E-state index in [-0.39, 0.29) is 17.7 Å². The molecule has 2 rings (SSSR count). The number of rotatable bonds is 2. The van der Waals surface area contributed by atoms with Crippen LogP contribution in [0.15, 0.2) is 9.59 Å². The summed E-state index contributed by atoms with van der Waals surface area (Å²) >= 11 is 0. The van der Waals surface area contributed by atoms with Crippen LogP contribution in [-0.4, -0.2) is 25.2 Å². The monoisotopic (exact) mass is 305 g/mol. The lowest BCUT2D eigenvalue weighted by molar-refractivity contribution is -0.147. The third kappa shape index (κ3) is 2.15. The standard InChI is InChI=1S/C11H14F3N5O2/c1-5(4-15)19-6-7(16-9(19)11(12,13)14)17(2)10(21)18(3)8(6)20/h5H,4,15H2,1-3H3. The maximum atomic E-state index is 13.1. The Labute approximate surface area is 116 Å². The van der Waals surface area contributed by atoms with Gasteiger partial charge in [-0.1, -0.05) is 0 Å². The van der Waals surface area contributed by atoms with Crippen LogP contribution in [0.25, 0.3) is 11.2 Å². The Hall–Kier alpha value is -2.10. The van der Waals surface area contributed by atoms with E-state index < -0.39 is 29.3 Å². The van der Waals surface area contributed by atoms with Gasteiger partial charge >= 0.3 is 11.9 Å². The Morgan fingerprint density at radius 1 is 1.24 bits per heavy atom. The second-order valence-corrected chi connectivity index (χ2v) is 4.77. The minimum absolute atomic E-state index is 0.111. The van der Waals surface area contributed by atoms with E-state index in [1.54, 1.807) is 0 Å². The second-order valence-electron chi connectivity index (χ2n) is 4.77. The van der Waals surface area contributed by atoms with Crippen LogP contribution in [0.4, 0.5) is 13.2 Å². The zero-order valence-corrected chi connectivity index (χ0v) is 11.6. The maximum absolute atomic E-state index is 13.1. The molecule has 21 heavy (non-hydrogen) atoms. The molecule has 10 heteroatoms. The van der Waals surface area contributed by atoms with Crippen molar-refractivity contribution in [3.63, 3.8) is 0 Å². The van der Waals surface area contributed by atoms with Crippen LogP contribution >= 0.6 is 0 Å². The van der Waals surface area contributed by atoms with E-state index in [4.69, 9.17) is 5.73 Å². The van der Waals surface area contributed by atoms with Crippen molar-refractivity contribution in [3.05, 3.63) is 26.7 Å². The first kappa shape index (κ1) is 15.3.